The summed E-state index contributed by atoms with van der Waals surface area (Å²) < 4.78 is 11.6. The molecule has 0 saturated heterocycles. The zero-order valence-electron chi connectivity index (χ0n) is 13.5. The summed E-state index contributed by atoms with van der Waals surface area (Å²) in [7, 11) is 0. The number of nitrogens with one attached hydrogen (secondary N) is 1. The van der Waals surface area contributed by atoms with Gasteiger partial charge < -0.3 is 20.5 Å². The van der Waals surface area contributed by atoms with Crippen molar-refractivity contribution in [2.45, 2.75) is 6.92 Å². The molecule has 0 aliphatic rings. The SMILES string of the molecule is CCOc1cc(Oc2ccc(N)cc2)ccc1Nc1ccccc1. The lowest BCUT2D eigenvalue weighted by molar-refractivity contribution is 0.340. The topological polar surface area (TPSA) is 56.5 Å². The van der Waals surface area contributed by atoms with Crippen LogP contribution in [0.5, 0.6) is 17.2 Å². The first kappa shape index (κ1) is 15.7. The minimum atomic E-state index is 0.578. The standard InChI is InChI=1S/C20H20N2O2/c1-2-23-20-14-18(24-17-10-8-15(21)9-11-17)12-13-19(20)22-16-6-4-3-5-7-16/h3-14,22H,2,21H2,1H3. The van der Waals surface area contributed by atoms with Crippen molar-refractivity contribution < 1.29 is 9.47 Å². The second-order valence-corrected chi connectivity index (χ2v) is 5.25. The lowest BCUT2D eigenvalue weighted by atomic mass is 10.2. The number of para-hydroxylation sites is 1. The Kier molecular flexibility index (Phi) is 4.87. The first-order valence-corrected chi connectivity index (χ1v) is 7.87. The van der Waals surface area contributed by atoms with Crippen LogP contribution in [-0.4, -0.2) is 6.61 Å². The van der Waals surface area contributed by atoms with Gasteiger partial charge in [-0.25, -0.2) is 0 Å². The molecule has 3 aromatic carbocycles. The fourth-order valence-corrected chi connectivity index (χ4v) is 2.29. The van der Waals surface area contributed by atoms with Crippen LogP contribution in [0.25, 0.3) is 0 Å². The summed E-state index contributed by atoms with van der Waals surface area (Å²) >= 11 is 0. The molecule has 3 N–H and O–H groups in total. The molecule has 3 aromatic rings. The number of nitrogen functional groups attached to an aromatic ring is 1. The van der Waals surface area contributed by atoms with Gasteiger partial charge in [-0.15, -0.1) is 0 Å². The molecule has 4 nitrogen and oxygen atoms in total. The fraction of sp³-hybridized carbons (Fsp3) is 0.100. The highest BCUT2D eigenvalue weighted by Gasteiger charge is 2.07. The van der Waals surface area contributed by atoms with Gasteiger partial charge in [-0.3, -0.25) is 0 Å². The van der Waals surface area contributed by atoms with Crippen molar-refractivity contribution >= 4 is 17.1 Å². The van der Waals surface area contributed by atoms with Crippen molar-refractivity contribution in [3.63, 3.8) is 0 Å². The van der Waals surface area contributed by atoms with Crippen LogP contribution >= 0.6 is 0 Å². The summed E-state index contributed by atoms with van der Waals surface area (Å²) in [5, 5.41) is 3.36. The lowest BCUT2D eigenvalue weighted by Crippen LogP contribution is -1.98. The molecule has 0 spiro atoms. The minimum absolute atomic E-state index is 0.578. The Morgan fingerprint density at radius 3 is 2.29 bits per heavy atom. The van der Waals surface area contributed by atoms with Crippen LogP contribution in [0.4, 0.5) is 17.1 Å². The summed E-state index contributed by atoms with van der Waals surface area (Å²) in [6, 6.07) is 23.0. The van der Waals surface area contributed by atoms with E-state index < -0.39 is 0 Å². The van der Waals surface area contributed by atoms with E-state index >= 15 is 0 Å². The molecule has 0 bridgehead atoms. The van der Waals surface area contributed by atoms with Crippen LogP contribution < -0.4 is 20.5 Å². The van der Waals surface area contributed by atoms with Crippen LogP contribution in [0.15, 0.2) is 72.8 Å². The number of rotatable bonds is 6. The maximum Gasteiger partial charge on any atom is 0.146 e. The molecule has 0 aliphatic carbocycles. The van der Waals surface area contributed by atoms with Crippen molar-refractivity contribution in [2.75, 3.05) is 17.7 Å². The van der Waals surface area contributed by atoms with E-state index in [2.05, 4.69) is 5.32 Å². The zero-order valence-corrected chi connectivity index (χ0v) is 13.5. The molecular weight excluding hydrogens is 300 g/mol. The van der Waals surface area contributed by atoms with E-state index in [4.69, 9.17) is 15.2 Å². The highest BCUT2D eigenvalue weighted by atomic mass is 16.5. The zero-order chi connectivity index (χ0) is 16.8. The van der Waals surface area contributed by atoms with Crippen LogP contribution in [0.1, 0.15) is 6.92 Å². The Bertz CT molecular complexity index is 786. The van der Waals surface area contributed by atoms with Crippen molar-refractivity contribution in [1.82, 2.24) is 0 Å². The van der Waals surface area contributed by atoms with Gasteiger partial charge in [-0.2, -0.15) is 0 Å². The van der Waals surface area contributed by atoms with Crippen molar-refractivity contribution in [3.8, 4) is 17.2 Å². The third kappa shape index (κ3) is 3.98. The average molecular weight is 320 g/mol. The highest BCUT2D eigenvalue weighted by Crippen LogP contribution is 2.33. The van der Waals surface area contributed by atoms with E-state index in [1.54, 1.807) is 0 Å². The second-order valence-electron chi connectivity index (χ2n) is 5.25. The maximum atomic E-state index is 5.86. The Morgan fingerprint density at radius 1 is 0.875 bits per heavy atom. The van der Waals surface area contributed by atoms with E-state index in [1.165, 1.54) is 0 Å². The van der Waals surface area contributed by atoms with E-state index in [0.717, 1.165) is 22.9 Å². The van der Waals surface area contributed by atoms with Crippen LogP contribution in [0, 0.1) is 0 Å². The molecule has 24 heavy (non-hydrogen) atoms. The molecule has 0 aromatic heterocycles. The lowest BCUT2D eigenvalue weighted by Gasteiger charge is -2.14. The molecule has 122 valence electrons. The molecule has 0 fully saturated rings. The summed E-state index contributed by atoms with van der Waals surface area (Å²) in [5.74, 6) is 2.19. The van der Waals surface area contributed by atoms with Gasteiger partial charge in [0.2, 0.25) is 0 Å². The summed E-state index contributed by atoms with van der Waals surface area (Å²) in [6.45, 7) is 2.54. The summed E-state index contributed by atoms with van der Waals surface area (Å²) in [4.78, 5) is 0. The van der Waals surface area contributed by atoms with E-state index in [0.29, 0.717) is 18.0 Å². The maximum absolute atomic E-state index is 5.86. The van der Waals surface area contributed by atoms with Gasteiger partial charge in [0.05, 0.1) is 12.3 Å². The van der Waals surface area contributed by atoms with Crippen LogP contribution in [0.2, 0.25) is 0 Å². The molecule has 0 aliphatic heterocycles. The summed E-state index contributed by atoms with van der Waals surface area (Å²) in [6.07, 6.45) is 0. The third-order valence-electron chi connectivity index (χ3n) is 3.42. The smallest absolute Gasteiger partial charge is 0.146 e. The van der Waals surface area contributed by atoms with Crippen molar-refractivity contribution in [2.24, 2.45) is 0 Å². The summed E-state index contributed by atoms with van der Waals surface area (Å²) in [5.41, 5.74) is 8.30. The van der Waals surface area contributed by atoms with Gasteiger partial charge >= 0.3 is 0 Å². The van der Waals surface area contributed by atoms with Crippen LogP contribution in [-0.2, 0) is 0 Å². The van der Waals surface area contributed by atoms with Gasteiger partial charge in [0.1, 0.15) is 17.2 Å². The van der Waals surface area contributed by atoms with E-state index in [-0.39, 0.29) is 0 Å². The van der Waals surface area contributed by atoms with Crippen molar-refractivity contribution in [1.29, 1.82) is 0 Å². The third-order valence-corrected chi connectivity index (χ3v) is 3.42. The largest absolute Gasteiger partial charge is 0.492 e. The Labute approximate surface area is 141 Å². The molecule has 0 radical (unpaired) electrons. The molecule has 0 unspecified atom stereocenters. The van der Waals surface area contributed by atoms with E-state index in [9.17, 15) is 0 Å². The number of anilines is 3. The number of ether oxygens (including phenoxy) is 2. The van der Waals surface area contributed by atoms with Gasteiger partial charge in [0.25, 0.3) is 0 Å². The van der Waals surface area contributed by atoms with Gasteiger partial charge in [0.15, 0.2) is 0 Å². The van der Waals surface area contributed by atoms with Crippen molar-refractivity contribution in [3.05, 3.63) is 72.8 Å². The first-order valence-electron chi connectivity index (χ1n) is 7.87. The quantitative estimate of drug-likeness (QED) is 0.613. The number of hydrogen-bond donors (Lipinski definition) is 2. The normalized spacial score (nSPS) is 10.2. The average Bonchev–Trinajstić information content (AvgIpc) is 2.60. The molecular formula is C20H20N2O2. The van der Waals surface area contributed by atoms with Gasteiger partial charge in [-0.1, -0.05) is 18.2 Å². The Morgan fingerprint density at radius 2 is 1.58 bits per heavy atom. The number of hydrogen-bond acceptors (Lipinski definition) is 4. The fourth-order valence-electron chi connectivity index (χ4n) is 2.29. The number of nitrogens with two attached hydrogens (primary N) is 1. The molecule has 0 atom stereocenters. The molecule has 4 heteroatoms. The first-order chi connectivity index (χ1) is 11.7. The minimum Gasteiger partial charge on any atom is -0.492 e. The predicted octanol–water partition coefficient (Wildman–Crippen LogP) is 5.20. The van der Waals surface area contributed by atoms with E-state index in [1.807, 2.05) is 79.7 Å². The van der Waals surface area contributed by atoms with Crippen LogP contribution in [0.3, 0.4) is 0 Å². The molecule has 0 saturated carbocycles. The highest BCUT2D eigenvalue weighted by molar-refractivity contribution is 5.67. The van der Waals surface area contributed by atoms with Gasteiger partial charge in [-0.05, 0) is 55.5 Å². The predicted molar refractivity (Wildman–Crippen MR) is 98.3 cm³/mol. The molecule has 0 amide bonds. The monoisotopic (exact) mass is 320 g/mol. The Balaban J connectivity index is 1.82. The molecule has 0 heterocycles. The second kappa shape index (κ2) is 7.42. The number of benzene rings is 3. The van der Waals surface area contributed by atoms with Gasteiger partial charge in [0, 0.05) is 17.4 Å². The Hall–Kier alpha value is -3.14. The molecule has 3 rings (SSSR count).